The van der Waals surface area contributed by atoms with Gasteiger partial charge in [-0.2, -0.15) is 0 Å². The fourth-order valence-corrected chi connectivity index (χ4v) is 9.49. The first-order chi connectivity index (χ1) is 27.2. The summed E-state index contributed by atoms with van der Waals surface area (Å²) in [6.07, 6.45) is 3.62. The predicted octanol–water partition coefficient (Wildman–Crippen LogP) is 4.12. The molecule has 2 N–H and O–H groups in total. The average Bonchev–Trinajstić information content (AvgIpc) is 3.94. The minimum absolute atomic E-state index is 0.00246. The zero-order valence-corrected chi connectivity index (χ0v) is 32.4. The fraction of sp³-hybridized carbons (Fsp3) is 0.381. The first-order valence-corrected chi connectivity index (χ1v) is 19.7. The minimum Gasteiger partial charge on any atom is -0.463 e. The third kappa shape index (κ3) is 7.40. The Bertz CT molecular complexity index is 2080. The number of aliphatic hydroxyl groups excluding tert-OH is 1. The molecule has 3 saturated heterocycles. The SMILES string of the molecule is C=CCCC(=O)OC[C@H](NC(=O)[C@@H]1[C@H]2O[C@@]3(CC2Br)[C@H](C(=O)N(CC=C)Cn2nnc4ccccc42)N([C@@H](CO)Cc2ccccc2)C(=O)[C@@H]13)c1ccccc1. The van der Waals surface area contributed by atoms with Gasteiger partial charge in [-0.1, -0.05) is 106 Å². The van der Waals surface area contributed by atoms with Crippen LogP contribution in [-0.4, -0.2) is 102 Å². The molecule has 14 heteroatoms. The molecule has 1 spiro atoms. The van der Waals surface area contributed by atoms with Gasteiger partial charge in [-0.15, -0.1) is 18.3 Å². The molecule has 2 bridgehead atoms. The highest BCUT2D eigenvalue weighted by Gasteiger charge is 2.77. The lowest BCUT2D eigenvalue weighted by atomic mass is 9.70. The Hall–Kier alpha value is -5.18. The molecule has 0 radical (unpaired) electrons. The van der Waals surface area contributed by atoms with Gasteiger partial charge in [0.1, 0.15) is 30.4 Å². The van der Waals surface area contributed by atoms with Crippen LogP contribution in [0.15, 0.2) is 110 Å². The third-order valence-corrected chi connectivity index (χ3v) is 11.9. The van der Waals surface area contributed by atoms with Crippen molar-refractivity contribution in [3.8, 4) is 0 Å². The fourth-order valence-electron chi connectivity index (χ4n) is 8.55. The summed E-state index contributed by atoms with van der Waals surface area (Å²) in [5.74, 6) is -3.83. The van der Waals surface area contributed by atoms with Crippen molar-refractivity contribution in [3.05, 3.63) is 121 Å². The molecule has 3 aliphatic rings. The number of benzene rings is 3. The van der Waals surface area contributed by atoms with Crippen LogP contribution in [0.5, 0.6) is 0 Å². The molecular formula is C42H45BrN6O7. The van der Waals surface area contributed by atoms with Crippen molar-refractivity contribution in [3.63, 3.8) is 0 Å². The second-order valence-corrected chi connectivity index (χ2v) is 15.7. The highest BCUT2D eigenvalue weighted by atomic mass is 79.9. The zero-order valence-electron chi connectivity index (χ0n) is 30.9. The highest BCUT2D eigenvalue weighted by molar-refractivity contribution is 9.09. The van der Waals surface area contributed by atoms with Gasteiger partial charge in [-0.05, 0) is 42.5 Å². The summed E-state index contributed by atoms with van der Waals surface area (Å²) in [5.41, 5.74) is 1.54. The number of aromatic nitrogens is 3. The topological polar surface area (TPSA) is 156 Å². The van der Waals surface area contributed by atoms with Gasteiger partial charge in [0.2, 0.25) is 17.7 Å². The van der Waals surface area contributed by atoms with Crippen molar-refractivity contribution >= 4 is 50.7 Å². The minimum atomic E-state index is -1.41. The monoisotopic (exact) mass is 824 g/mol. The number of allylic oxidation sites excluding steroid dienone is 1. The Balaban J connectivity index is 1.25. The molecule has 292 valence electrons. The van der Waals surface area contributed by atoms with E-state index in [4.69, 9.17) is 9.47 Å². The van der Waals surface area contributed by atoms with E-state index in [1.807, 2.05) is 84.9 Å². The number of para-hydroxylation sites is 1. The quantitative estimate of drug-likeness (QED) is 0.0909. The van der Waals surface area contributed by atoms with E-state index in [0.29, 0.717) is 17.5 Å². The van der Waals surface area contributed by atoms with Crippen molar-refractivity contribution in [1.29, 1.82) is 0 Å². The summed E-state index contributed by atoms with van der Waals surface area (Å²) in [5, 5.41) is 22.6. The first-order valence-electron chi connectivity index (χ1n) is 18.8. The van der Waals surface area contributed by atoms with E-state index >= 15 is 9.59 Å². The van der Waals surface area contributed by atoms with Crippen LogP contribution in [0.25, 0.3) is 11.0 Å². The molecule has 0 saturated carbocycles. The molecule has 4 heterocycles. The smallest absolute Gasteiger partial charge is 0.306 e. The van der Waals surface area contributed by atoms with Crippen molar-refractivity contribution < 1.29 is 33.8 Å². The predicted molar refractivity (Wildman–Crippen MR) is 211 cm³/mol. The number of esters is 1. The number of likely N-dealkylation sites (tertiary alicyclic amines) is 1. The van der Waals surface area contributed by atoms with Gasteiger partial charge in [0.25, 0.3) is 0 Å². The number of hydrogen-bond donors (Lipinski definition) is 2. The molecule has 0 aliphatic carbocycles. The average molecular weight is 826 g/mol. The van der Waals surface area contributed by atoms with Crippen LogP contribution in [0.1, 0.15) is 36.4 Å². The molecule has 7 rings (SSSR count). The number of halogens is 1. The number of rotatable bonds is 17. The van der Waals surface area contributed by atoms with E-state index in [1.165, 1.54) is 4.90 Å². The van der Waals surface area contributed by atoms with Crippen LogP contribution in [0.2, 0.25) is 0 Å². The molecular weight excluding hydrogens is 780 g/mol. The highest BCUT2D eigenvalue weighted by Crippen LogP contribution is 2.60. The van der Waals surface area contributed by atoms with E-state index in [1.54, 1.807) is 21.7 Å². The number of ether oxygens (including phenoxy) is 2. The molecule has 8 atom stereocenters. The normalized spacial score (nSPS) is 24.7. The summed E-state index contributed by atoms with van der Waals surface area (Å²) in [6, 6.07) is 23.2. The van der Waals surface area contributed by atoms with Gasteiger partial charge in [0.05, 0.1) is 42.1 Å². The largest absolute Gasteiger partial charge is 0.463 e. The molecule has 3 aromatic carbocycles. The van der Waals surface area contributed by atoms with Crippen molar-refractivity contribution in [2.75, 3.05) is 19.8 Å². The number of amides is 3. The van der Waals surface area contributed by atoms with Crippen LogP contribution in [0.3, 0.4) is 0 Å². The Morgan fingerprint density at radius 1 is 1.05 bits per heavy atom. The number of nitrogens with one attached hydrogen (secondary N) is 1. The number of hydrogen-bond acceptors (Lipinski definition) is 9. The van der Waals surface area contributed by atoms with Gasteiger partial charge >= 0.3 is 5.97 Å². The maximum Gasteiger partial charge on any atom is 0.306 e. The molecule has 1 aromatic heterocycles. The Kier molecular flexibility index (Phi) is 11.8. The summed E-state index contributed by atoms with van der Waals surface area (Å²) in [6.45, 7) is 7.12. The van der Waals surface area contributed by atoms with E-state index < -0.39 is 72.0 Å². The Labute approximate surface area is 333 Å². The van der Waals surface area contributed by atoms with Gasteiger partial charge in [0.15, 0.2) is 0 Å². The van der Waals surface area contributed by atoms with Crippen LogP contribution in [0, 0.1) is 11.8 Å². The number of carbonyl (C=O) groups is 4. The molecule has 13 nitrogen and oxygen atoms in total. The van der Waals surface area contributed by atoms with E-state index in [9.17, 15) is 14.7 Å². The van der Waals surface area contributed by atoms with Crippen LogP contribution in [-0.2, 0) is 41.7 Å². The van der Waals surface area contributed by atoms with Gasteiger partial charge in [-0.3, -0.25) is 19.2 Å². The van der Waals surface area contributed by atoms with Gasteiger partial charge < -0.3 is 29.7 Å². The van der Waals surface area contributed by atoms with Crippen LogP contribution < -0.4 is 5.32 Å². The van der Waals surface area contributed by atoms with Crippen molar-refractivity contribution in [1.82, 2.24) is 30.1 Å². The number of carbonyl (C=O) groups excluding carboxylic acids is 4. The lowest BCUT2D eigenvalue weighted by Crippen LogP contribution is -2.59. The second kappa shape index (κ2) is 16.9. The molecule has 1 unspecified atom stereocenters. The number of fused-ring (bicyclic) bond motifs is 2. The molecule has 3 amide bonds. The molecule has 3 fully saturated rings. The van der Waals surface area contributed by atoms with E-state index in [0.717, 1.165) is 11.1 Å². The van der Waals surface area contributed by atoms with Gasteiger partial charge in [0, 0.05) is 17.8 Å². The zero-order chi connectivity index (χ0) is 39.4. The number of aliphatic hydroxyl groups is 1. The summed E-state index contributed by atoms with van der Waals surface area (Å²) < 4.78 is 14.0. The van der Waals surface area contributed by atoms with Gasteiger partial charge in [-0.25, -0.2) is 4.68 Å². The third-order valence-electron chi connectivity index (χ3n) is 11.1. The van der Waals surface area contributed by atoms with E-state index in [2.05, 4.69) is 44.7 Å². The maximum atomic E-state index is 15.2. The molecule has 3 aliphatic heterocycles. The van der Waals surface area contributed by atoms with Crippen molar-refractivity contribution in [2.45, 2.75) is 67.0 Å². The second-order valence-electron chi connectivity index (χ2n) is 14.5. The lowest BCUT2D eigenvalue weighted by Gasteiger charge is -2.39. The Morgan fingerprint density at radius 3 is 2.48 bits per heavy atom. The summed E-state index contributed by atoms with van der Waals surface area (Å²) >= 11 is 3.76. The number of nitrogens with zero attached hydrogens (tertiary/aromatic N) is 5. The van der Waals surface area contributed by atoms with Crippen molar-refractivity contribution in [2.24, 2.45) is 11.8 Å². The maximum absolute atomic E-state index is 15.2. The lowest BCUT2D eigenvalue weighted by molar-refractivity contribution is -0.152. The Morgan fingerprint density at radius 2 is 1.77 bits per heavy atom. The molecule has 56 heavy (non-hydrogen) atoms. The standard InChI is InChI=1S/C42H45BrN6O7/c1-3-5-20-34(51)55-25-32(28-16-10-7-11-17-28)44-39(52)35-36-40(53)49(29(24-50)22-27-14-8-6-9-15-27)38(42(36)23-30(43)37(35)56-42)41(54)47(21-4-2)26-48-33-19-13-12-18-31(33)45-46-48/h3-4,6-19,29-30,32,35-38,50H,1-2,5,20-26H2,(H,44,52)/t29-,30?,32+,35+,36-,37+,38+,42-/m1/s1. The van der Waals surface area contributed by atoms with E-state index in [-0.39, 0.29) is 43.9 Å². The summed E-state index contributed by atoms with van der Waals surface area (Å²) in [4.78, 5) is 60.1. The molecule has 4 aromatic rings. The van der Waals surface area contributed by atoms with Crippen LogP contribution in [0.4, 0.5) is 0 Å². The number of alkyl halides is 1. The van der Waals surface area contributed by atoms with Crippen LogP contribution >= 0.6 is 15.9 Å². The summed E-state index contributed by atoms with van der Waals surface area (Å²) in [7, 11) is 0. The first kappa shape index (κ1) is 39.1.